The molecule has 0 aromatic heterocycles. The van der Waals surface area contributed by atoms with Gasteiger partial charge in [-0.3, -0.25) is 9.52 Å². The molecule has 0 aliphatic carbocycles. The van der Waals surface area contributed by atoms with Crippen LogP contribution in [0.3, 0.4) is 0 Å². The van der Waals surface area contributed by atoms with Crippen LogP contribution < -0.4 is 14.8 Å². The van der Waals surface area contributed by atoms with Crippen molar-refractivity contribution in [2.45, 2.75) is 24.8 Å². The van der Waals surface area contributed by atoms with Gasteiger partial charge in [-0.15, -0.1) is 0 Å². The quantitative estimate of drug-likeness (QED) is 0.904. The number of carbonyl (C=O) groups is 1. The molecule has 120 valence electrons. The van der Waals surface area contributed by atoms with Gasteiger partial charge in [-0.25, -0.2) is 8.42 Å². The molecule has 2 N–H and O–H groups in total. The topological polar surface area (TPSA) is 84.5 Å². The zero-order valence-electron chi connectivity index (χ0n) is 12.7. The highest BCUT2D eigenvalue weighted by atomic mass is 32.2. The standard InChI is InChI=1S/C16H16N2O4S/c1-10-5-3-6-12(9-10)23(20,21)18-13-7-4-8-14-15(13)17-16(19)11(2)22-14/h3-9,11,18H,1-2H3,(H,17,19). The van der Waals surface area contributed by atoms with E-state index < -0.39 is 16.1 Å². The van der Waals surface area contributed by atoms with Crippen LogP contribution in [0.5, 0.6) is 5.75 Å². The molecule has 0 radical (unpaired) electrons. The molecule has 2 aromatic carbocycles. The summed E-state index contributed by atoms with van der Waals surface area (Å²) in [5.74, 6) is 0.112. The second kappa shape index (κ2) is 5.58. The Balaban J connectivity index is 1.98. The number of para-hydroxylation sites is 1. The van der Waals surface area contributed by atoms with E-state index in [1.165, 1.54) is 6.07 Å². The van der Waals surface area contributed by atoms with Gasteiger partial charge < -0.3 is 10.1 Å². The Morgan fingerprint density at radius 3 is 2.65 bits per heavy atom. The second-order valence-electron chi connectivity index (χ2n) is 5.35. The number of amides is 1. The van der Waals surface area contributed by atoms with E-state index in [0.29, 0.717) is 11.4 Å². The molecule has 0 saturated carbocycles. The third-order valence-corrected chi connectivity index (χ3v) is 4.85. The lowest BCUT2D eigenvalue weighted by Crippen LogP contribution is -2.34. The van der Waals surface area contributed by atoms with Crippen molar-refractivity contribution >= 4 is 27.3 Å². The summed E-state index contributed by atoms with van der Waals surface area (Å²) in [4.78, 5) is 11.9. The summed E-state index contributed by atoms with van der Waals surface area (Å²) in [6.45, 7) is 3.45. The second-order valence-corrected chi connectivity index (χ2v) is 7.03. The van der Waals surface area contributed by atoms with Crippen molar-refractivity contribution in [1.82, 2.24) is 0 Å². The average molecular weight is 332 g/mol. The lowest BCUT2D eigenvalue weighted by molar-refractivity contribution is -0.122. The Kier molecular flexibility index (Phi) is 3.73. The number of ether oxygens (including phenoxy) is 1. The van der Waals surface area contributed by atoms with Crippen LogP contribution in [0.4, 0.5) is 11.4 Å². The predicted molar refractivity (Wildman–Crippen MR) is 87.1 cm³/mol. The summed E-state index contributed by atoms with van der Waals surface area (Å²) in [7, 11) is -3.76. The molecule has 0 bridgehead atoms. The molecule has 7 heteroatoms. The van der Waals surface area contributed by atoms with Gasteiger partial charge in [0, 0.05) is 0 Å². The molecule has 1 aliphatic heterocycles. The van der Waals surface area contributed by atoms with Gasteiger partial charge in [-0.2, -0.15) is 0 Å². The molecule has 0 saturated heterocycles. The fourth-order valence-corrected chi connectivity index (χ4v) is 3.47. The van der Waals surface area contributed by atoms with Crippen LogP contribution in [0, 0.1) is 6.92 Å². The highest BCUT2D eigenvalue weighted by Gasteiger charge is 2.27. The molecule has 0 spiro atoms. The van der Waals surface area contributed by atoms with Crippen LogP contribution in [-0.4, -0.2) is 20.4 Å². The number of anilines is 2. The number of nitrogens with one attached hydrogen (secondary N) is 2. The van der Waals surface area contributed by atoms with Crippen LogP contribution >= 0.6 is 0 Å². The van der Waals surface area contributed by atoms with Gasteiger partial charge in [0.15, 0.2) is 6.10 Å². The molecule has 1 atom stereocenters. The highest BCUT2D eigenvalue weighted by Crippen LogP contribution is 2.37. The van der Waals surface area contributed by atoms with Crippen molar-refractivity contribution in [3.05, 3.63) is 48.0 Å². The summed E-state index contributed by atoms with van der Waals surface area (Å²) in [5, 5.41) is 2.67. The monoisotopic (exact) mass is 332 g/mol. The molecule has 1 heterocycles. The lowest BCUT2D eigenvalue weighted by atomic mass is 10.2. The van der Waals surface area contributed by atoms with E-state index in [1.807, 2.05) is 13.0 Å². The maximum absolute atomic E-state index is 12.5. The van der Waals surface area contributed by atoms with Crippen LogP contribution in [0.2, 0.25) is 0 Å². The predicted octanol–water partition coefficient (Wildman–Crippen LogP) is 2.52. The summed E-state index contributed by atoms with van der Waals surface area (Å²) in [6.07, 6.45) is -0.619. The van der Waals surface area contributed by atoms with E-state index in [2.05, 4.69) is 10.0 Å². The van der Waals surface area contributed by atoms with Gasteiger partial charge in [-0.05, 0) is 43.7 Å². The Hall–Kier alpha value is -2.54. The summed E-state index contributed by atoms with van der Waals surface area (Å²) in [5.41, 5.74) is 1.43. The van der Waals surface area contributed by atoms with Crippen molar-refractivity contribution < 1.29 is 17.9 Å². The number of carbonyl (C=O) groups excluding carboxylic acids is 1. The van der Waals surface area contributed by atoms with Gasteiger partial charge in [0.05, 0.1) is 10.6 Å². The normalized spacial score (nSPS) is 17.0. The summed E-state index contributed by atoms with van der Waals surface area (Å²) in [6, 6.07) is 11.5. The van der Waals surface area contributed by atoms with Crippen LogP contribution in [0.25, 0.3) is 0 Å². The van der Waals surface area contributed by atoms with Crippen molar-refractivity contribution in [3.8, 4) is 5.75 Å². The van der Waals surface area contributed by atoms with E-state index >= 15 is 0 Å². The van der Waals surface area contributed by atoms with Gasteiger partial charge in [0.2, 0.25) is 0 Å². The number of sulfonamides is 1. The zero-order valence-corrected chi connectivity index (χ0v) is 13.5. The van der Waals surface area contributed by atoms with Crippen molar-refractivity contribution in [2.75, 3.05) is 10.0 Å². The van der Waals surface area contributed by atoms with Gasteiger partial charge in [-0.1, -0.05) is 18.2 Å². The van der Waals surface area contributed by atoms with E-state index in [0.717, 1.165) is 5.56 Å². The first-order valence-corrected chi connectivity index (χ1v) is 8.55. The van der Waals surface area contributed by atoms with Crippen molar-refractivity contribution in [1.29, 1.82) is 0 Å². The number of hydrogen-bond acceptors (Lipinski definition) is 4. The SMILES string of the molecule is Cc1cccc(S(=O)(=O)Nc2cccc3c2NC(=O)C(C)O3)c1. The lowest BCUT2D eigenvalue weighted by Gasteiger charge is -2.25. The molecular weight excluding hydrogens is 316 g/mol. The van der Waals surface area contributed by atoms with Crippen molar-refractivity contribution in [2.24, 2.45) is 0 Å². The van der Waals surface area contributed by atoms with E-state index in [-0.39, 0.29) is 16.5 Å². The average Bonchev–Trinajstić information content (AvgIpc) is 2.49. The zero-order chi connectivity index (χ0) is 16.6. The van der Waals surface area contributed by atoms with Gasteiger partial charge in [0.25, 0.3) is 15.9 Å². The minimum absolute atomic E-state index is 0.159. The maximum atomic E-state index is 12.5. The van der Waals surface area contributed by atoms with Crippen LogP contribution in [0.1, 0.15) is 12.5 Å². The minimum atomic E-state index is -3.76. The molecular formula is C16H16N2O4S. The molecule has 0 fully saturated rings. The smallest absolute Gasteiger partial charge is 0.265 e. The number of benzene rings is 2. The Bertz CT molecular complexity index is 877. The largest absolute Gasteiger partial charge is 0.479 e. The third-order valence-electron chi connectivity index (χ3n) is 3.49. The summed E-state index contributed by atoms with van der Waals surface area (Å²) < 4.78 is 33.0. The Labute approximate surface area is 134 Å². The summed E-state index contributed by atoms with van der Waals surface area (Å²) >= 11 is 0. The molecule has 1 amide bonds. The fraction of sp³-hybridized carbons (Fsp3) is 0.188. The highest BCUT2D eigenvalue weighted by molar-refractivity contribution is 7.92. The van der Waals surface area contributed by atoms with Gasteiger partial charge in [0.1, 0.15) is 11.4 Å². The number of fused-ring (bicyclic) bond motifs is 1. The van der Waals surface area contributed by atoms with E-state index in [9.17, 15) is 13.2 Å². The molecule has 2 aromatic rings. The third kappa shape index (κ3) is 3.00. The van der Waals surface area contributed by atoms with Crippen LogP contribution in [0.15, 0.2) is 47.4 Å². The first-order chi connectivity index (χ1) is 10.9. The maximum Gasteiger partial charge on any atom is 0.265 e. The van der Waals surface area contributed by atoms with E-state index in [4.69, 9.17) is 4.74 Å². The molecule has 3 rings (SSSR count). The molecule has 23 heavy (non-hydrogen) atoms. The van der Waals surface area contributed by atoms with Crippen LogP contribution in [-0.2, 0) is 14.8 Å². The molecule has 1 unspecified atom stereocenters. The number of rotatable bonds is 3. The minimum Gasteiger partial charge on any atom is -0.479 e. The Morgan fingerprint density at radius 2 is 1.91 bits per heavy atom. The first-order valence-electron chi connectivity index (χ1n) is 7.07. The number of hydrogen-bond donors (Lipinski definition) is 2. The van der Waals surface area contributed by atoms with E-state index in [1.54, 1.807) is 37.3 Å². The van der Waals surface area contributed by atoms with Crippen molar-refractivity contribution in [3.63, 3.8) is 0 Å². The number of aryl methyl sites for hydroxylation is 1. The van der Waals surface area contributed by atoms with Gasteiger partial charge >= 0.3 is 0 Å². The molecule has 1 aliphatic rings. The molecule has 6 nitrogen and oxygen atoms in total. The first kappa shape index (κ1) is 15.4. The fourth-order valence-electron chi connectivity index (χ4n) is 2.30. The Morgan fingerprint density at radius 1 is 1.17 bits per heavy atom.